The first-order valence-electron chi connectivity index (χ1n) is 8.53. The predicted molar refractivity (Wildman–Crippen MR) is 90.1 cm³/mol. The van der Waals surface area contributed by atoms with Crippen LogP contribution in [0.5, 0.6) is 0 Å². The Labute approximate surface area is 135 Å². The molecule has 0 amide bonds. The van der Waals surface area contributed by atoms with Gasteiger partial charge in [0.25, 0.3) is 0 Å². The van der Waals surface area contributed by atoms with Gasteiger partial charge in [-0.25, -0.2) is 0 Å². The average Bonchev–Trinajstić information content (AvgIpc) is 2.50. The van der Waals surface area contributed by atoms with E-state index in [2.05, 4.69) is 44.8 Å². The third-order valence-electron chi connectivity index (χ3n) is 5.93. The number of ether oxygens (including phenoxy) is 1. The van der Waals surface area contributed by atoms with Gasteiger partial charge >= 0.3 is 0 Å². The summed E-state index contributed by atoms with van der Waals surface area (Å²) in [6.07, 6.45) is 1.78. The highest BCUT2D eigenvalue weighted by Gasteiger charge is 2.53. The lowest BCUT2D eigenvalue weighted by atomic mass is 9.65. The first-order valence-corrected chi connectivity index (χ1v) is 8.53. The summed E-state index contributed by atoms with van der Waals surface area (Å²) in [6, 6.07) is 0. The lowest BCUT2D eigenvalue weighted by Gasteiger charge is -2.62. The van der Waals surface area contributed by atoms with E-state index in [0.717, 1.165) is 45.1 Å². The highest BCUT2D eigenvalue weighted by molar-refractivity contribution is 5.82. The maximum atomic E-state index is 9.82. The molecular formula is C17H33N3O2. The number of nitrogens with zero attached hydrogens (tertiary/aromatic N) is 2. The molecule has 0 radical (unpaired) electrons. The minimum atomic E-state index is -0.108. The Morgan fingerprint density at radius 2 is 1.86 bits per heavy atom. The van der Waals surface area contributed by atoms with Crippen LogP contribution in [-0.4, -0.2) is 61.0 Å². The van der Waals surface area contributed by atoms with Gasteiger partial charge in [0.05, 0.1) is 13.2 Å². The van der Waals surface area contributed by atoms with E-state index in [0.29, 0.717) is 6.54 Å². The fourth-order valence-corrected chi connectivity index (χ4v) is 3.21. The van der Waals surface area contributed by atoms with Gasteiger partial charge in [-0.3, -0.25) is 4.99 Å². The Bertz CT molecular complexity index is 412. The summed E-state index contributed by atoms with van der Waals surface area (Å²) in [5.41, 5.74) is 0.274. The van der Waals surface area contributed by atoms with Gasteiger partial charge < -0.3 is 20.1 Å². The Kier molecular flexibility index (Phi) is 5.07. The molecule has 0 saturated carbocycles. The topological polar surface area (TPSA) is 57.1 Å². The summed E-state index contributed by atoms with van der Waals surface area (Å²) < 4.78 is 5.44. The Morgan fingerprint density at radius 1 is 1.23 bits per heavy atom. The third-order valence-corrected chi connectivity index (χ3v) is 5.93. The van der Waals surface area contributed by atoms with Gasteiger partial charge in [-0.15, -0.1) is 0 Å². The molecule has 2 fully saturated rings. The number of hydrogen-bond acceptors (Lipinski definition) is 3. The molecule has 2 rings (SSSR count). The van der Waals surface area contributed by atoms with Gasteiger partial charge in [0, 0.05) is 42.7 Å². The Hall–Kier alpha value is -0.810. The summed E-state index contributed by atoms with van der Waals surface area (Å²) in [7, 11) is 0. The summed E-state index contributed by atoms with van der Waals surface area (Å²) in [5, 5.41) is 13.2. The van der Waals surface area contributed by atoms with Crippen molar-refractivity contribution >= 4 is 5.96 Å². The fraction of sp³-hybridized carbons (Fsp3) is 0.941. The summed E-state index contributed by atoms with van der Waals surface area (Å²) in [6.45, 7) is 15.5. The molecule has 0 bridgehead atoms. The molecule has 0 atom stereocenters. The zero-order chi connectivity index (χ0) is 16.4. The molecule has 2 heterocycles. The van der Waals surface area contributed by atoms with Crippen molar-refractivity contribution in [2.75, 3.05) is 39.5 Å². The number of aliphatic imine (C=N–C) groups is 1. The summed E-state index contributed by atoms with van der Waals surface area (Å²) in [4.78, 5) is 7.24. The first kappa shape index (κ1) is 17.5. The number of guanidine groups is 1. The smallest absolute Gasteiger partial charge is 0.194 e. The van der Waals surface area contributed by atoms with Gasteiger partial charge in [-0.2, -0.15) is 0 Å². The molecule has 2 saturated heterocycles. The van der Waals surface area contributed by atoms with Crippen LogP contribution in [0.15, 0.2) is 4.99 Å². The second-order valence-electron chi connectivity index (χ2n) is 7.97. The van der Waals surface area contributed by atoms with Crippen molar-refractivity contribution in [1.82, 2.24) is 10.2 Å². The van der Waals surface area contributed by atoms with Crippen molar-refractivity contribution in [3.8, 4) is 0 Å². The van der Waals surface area contributed by atoms with E-state index in [4.69, 9.17) is 9.73 Å². The predicted octanol–water partition coefficient (Wildman–Crippen LogP) is 1.86. The van der Waals surface area contributed by atoms with E-state index >= 15 is 0 Å². The van der Waals surface area contributed by atoms with Crippen LogP contribution in [0.2, 0.25) is 0 Å². The lowest BCUT2D eigenvalue weighted by Crippen LogP contribution is -2.72. The maximum Gasteiger partial charge on any atom is 0.194 e. The number of nitrogens with one attached hydrogen (secondary N) is 1. The van der Waals surface area contributed by atoms with Crippen molar-refractivity contribution in [3.05, 3.63) is 0 Å². The quantitative estimate of drug-likeness (QED) is 0.615. The minimum absolute atomic E-state index is 0.0933. The second-order valence-corrected chi connectivity index (χ2v) is 7.97. The highest BCUT2D eigenvalue weighted by Crippen LogP contribution is 2.46. The highest BCUT2D eigenvalue weighted by atomic mass is 16.5. The lowest BCUT2D eigenvalue weighted by molar-refractivity contribution is -0.0672. The van der Waals surface area contributed by atoms with Crippen LogP contribution in [0.25, 0.3) is 0 Å². The van der Waals surface area contributed by atoms with Gasteiger partial charge in [-0.1, -0.05) is 13.8 Å². The standard InChI is InChI=1S/C17H33N3O2/c1-6-18-14(20-12-15(2,3)16(20,4)5)19-11-17(13-21)7-9-22-10-8-17/h21H,6-13H2,1-5H3,(H,18,19). The molecule has 2 N–H and O–H groups in total. The average molecular weight is 311 g/mol. The van der Waals surface area contributed by atoms with Crippen LogP contribution < -0.4 is 5.32 Å². The molecule has 0 aromatic carbocycles. The van der Waals surface area contributed by atoms with Gasteiger partial charge in [0.1, 0.15) is 0 Å². The fourth-order valence-electron chi connectivity index (χ4n) is 3.21. The van der Waals surface area contributed by atoms with E-state index in [9.17, 15) is 5.11 Å². The van der Waals surface area contributed by atoms with Crippen molar-refractivity contribution in [2.24, 2.45) is 15.8 Å². The Morgan fingerprint density at radius 3 is 2.32 bits per heavy atom. The van der Waals surface area contributed by atoms with Crippen molar-refractivity contribution < 1.29 is 9.84 Å². The number of rotatable bonds is 4. The number of aliphatic hydroxyl groups excluding tert-OH is 1. The van der Waals surface area contributed by atoms with Crippen LogP contribution in [0, 0.1) is 10.8 Å². The van der Waals surface area contributed by atoms with Crippen molar-refractivity contribution in [3.63, 3.8) is 0 Å². The zero-order valence-electron chi connectivity index (χ0n) is 14.9. The largest absolute Gasteiger partial charge is 0.396 e. The summed E-state index contributed by atoms with van der Waals surface area (Å²) >= 11 is 0. The van der Waals surface area contributed by atoms with Crippen LogP contribution in [0.4, 0.5) is 0 Å². The van der Waals surface area contributed by atoms with Crippen LogP contribution in [0.3, 0.4) is 0 Å². The molecule has 2 aliphatic rings. The van der Waals surface area contributed by atoms with E-state index in [-0.39, 0.29) is 23.0 Å². The molecule has 0 aromatic heterocycles. The number of hydrogen-bond donors (Lipinski definition) is 2. The number of aliphatic hydroxyl groups is 1. The first-order chi connectivity index (χ1) is 10.3. The monoisotopic (exact) mass is 311 g/mol. The van der Waals surface area contributed by atoms with Crippen molar-refractivity contribution in [1.29, 1.82) is 0 Å². The minimum Gasteiger partial charge on any atom is -0.396 e. The second kappa shape index (κ2) is 6.36. The molecule has 0 unspecified atom stereocenters. The van der Waals surface area contributed by atoms with Crippen molar-refractivity contribution in [2.45, 2.75) is 53.0 Å². The Balaban J connectivity index is 2.11. The van der Waals surface area contributed by atoms with E-state index in [1.54, 1.807) is 0 Å². The number of likely N-dealkylation sites (tertiary alicyclic amines) is 1. The summed E-state index contributed by atoms with van der Waals surface area (Å²) in [5.74, 6) is 0.978. The molecule has 0 spiro atoms. The van der Waals surface area contributed by atoms with Gasteiger partial charge in [0.15, 0.2) is 5.96 Å². The van der Waals surface area contributed by atoms with E-state index in [1.165, 1.54) is 0 Å². The molecule has 128 valence electrons. The van der Waals surface area contributed by atoms with E-state index < -0.39 is 0 Å². The molecule has 5 heteroatoms. The molecule has 0 aromatic rings. The molecular weight excluding hydrogens is 278 g/mol. The van der Waals surface area contributed by atoms with Crippen LogP contribution in [-0.2, 0) is 4.74 Å². The molecule has 2 aliphatic heterocycles. The normalized spacial score (nSPS) is 26.5. The van der Waals surface area contributed by atoms with E-state index in [1.807, 2.05) is 0 Å². The molecule has 22 heavy (non-hydrogen) atoms. The molecule has 0 aliphatic carbocycles. The van der Waals surface area contributed by atoms with Gasteiger partial charge in [-0.05, 0) is 33.6 Å². The zero-order valence-corrected chi connectivity index (χ0v) is 14.9. The maximum absolute atomic E-state index is 9.82. The van der Waals surface area contributed by atoms with Gasteiger partial charge in [0.2, 0.25) is 0 Å². The SMILES string of the molecule is CCNC(=NCC1(CO)CCOCC1)N1CC(C)(C)C1(C)C. The van der Waals surface area contributed by atoms with Crippen LogP contribution >= 0.6 is 0 Å². The third kappa shape index (κ3) is 3.11. The molecule has 5 nitrogen and oxygen atoms in total. The van der Waals surface area contributed by atoms with Crippen LogP contribution in [0.1, 0.15) is 47.5 Å².